The lowest BCUT2D eigenvalue weighted by molar-refractivity contribution is 0.424. The minimum absolute atomic E-state index is 0.270. The van der Waals surface area contributed by atoms with Gasteiger partial charge in [0.2, 0.25) is 0 Å². The van der Waals surface area contributed by atoms with Gasteiger partial charge in [0, 0.05) is 16.7 Å². The van der Waals surface area contributed by atoms with Crippen molar-refractivity contribution in [1.82, 2.24) is 5.32 Å². The Morgan fingerprint density at radius 3 is 2.75 bits per heavy atom. The van der Waals surface area contributed by atoms with Gasteiger partial charge in [-0.3, -0.25) is 0 Å². The maximum absolute atomic E-state index is 5.94. The van der Waals surface area contributed by atoms with Crippen LogP contribution in [-0.2, 0) is 0 Å². The van der Waals surface area contributed by atoms with Gasteiger partial charge in [-0.05, 0) is 38.2 Å². The highest BCUT2D eigenvalue weighted by Gasteiger charge is 2.33. The molecule has 1 unspecified atom stereocenters. The monoisotopic (exact) mass is 289 g/mol. The lowest BCUT2D eigenvalue weighted by atomic mass is 10.1. The smallest absolute Gasteiger partial charge is 0.134 e. The van der Waals surface area contributed by atoms with Crippen molar-refractivity contribution in [2.75, 3.05) is 12.8 Å². The number of furan rings is 1. The fraction of sp³-hybridized carbons (Fsp3) is 0.529. The van der Waals surface area contributed by atoms with Crippen LogP contribution < -0.4 is 5.32 Å². The fourth-order valence-corrected chi connectivity index (χ4v) is 4.05. The van der Waals surface area contributed by atoms with Crippen molar-refractivity contribution in [2.45, 2.75) is 43.4 Å². The molecule has 108 valence electrons. The molecule has 0 aliphatic heterocycles. The lowest BCUT2D eigenvalue weighted by Crippen LogP contribution is -2.36. The molecule has 0 amide bonds. The van der Waals surface area contributed by atoms with E-state index >= 15 is 0 Å². The van der Waals surface area contributed by atoms with Gasteiger partial charge in [-0.25, -0.2) is 0 Å². The van der Waals surface area contributed by atoms with E-state index in [1.54, 1.807) is 0 Å². The van der Waals surface area contributed by atoms with Crippen LogP contribution >= 0.6 is 11.8 Å². The molecule has 0 radical (unpaired) electrons. The van der Waals surface area contributed by atoms with E-state index in [2.05, 4.69) is 36.7 Å². The first kappa shape index (κ1) is 14.0. The molecule has 1 aromatic heterocycles. The number of benzene rings is 1. The molecule has 1 aliphatic carbocycles. The van der Waals surface area contributed by atoms with Crippen molar-refractivity contribution in [3.05, 3.63) is 36.1 Å². The van der Waals surface area contributed by atoms with E-state index in [9.17, 15) is 0 Å². The molecule has 0 bridgehead atoms. The summed E-state index contributed by atoms with van der Waals surface area (Å²) in [5, 5.41) is 4.87. The zero-order chi connectivity index (χ0) is 14.0. The zero-order valence-corrected chi connectivity index (χ0v) is 13.1. The van der Waals surface area contributed by atoms with Crippen molar-refractivity contribution in [3.8, 4) is 0 Å². The molecule has 0 saturated heterocycles. The molecule has 1 aliphatic rings. The van der Waals surface area contributed by atoms with Crippen molar-refractivity contribution in [3.63, 3.8) is 0 Å². The summed E-state index contributed by atoms with van der Waals surface area (Å²) in [6, 6.07) is 10.7. The highest BCUT2D eigenvalue weighted by atomic mass is 32.2. The van der Waals surface area contributed by atoms with Crippen molar-refractivity contribution < 1.29 is 4.42 Å². The second-order valence-electron chi connectivity index (χ2n) is 5.88. The van der Waals surface area contributed by atoms with Gasteiger partial charge in [-0.2, -0.15) is 11.8 Å². The Hall–Kier alpha value is -0.930. The van der Waals surface area contributed by atoms with Gasteiger partial charge in [0.05, 0.1) is 6.04 Å². The van der Waals surface area contributed by atoms with Crippen LogP contribution in [0.25, 0.3) is 11.0 Å². The van der Waals surface area contributed by atoms with Gasteiger partial charge in [0.25, 0.3) is 0 Å². The third-order valence-electron chi connectivity index (χ3n) is 4.55. The molecule has 3 rings (SSSR count). The number of rotatable bonds is 5. The summed E-state index contributed by atoms with van der Waals surface area (Å²) >= 11 is 2.03. The van der Waals surface area contributed by atoms with E-state index < -0.39 is 0 Å². The number of thioether (sulfide) groups is 1. The molecule has 1 N–H and O–H groups in total. The number of fused-ring (bicyclic) bond motifs is 1. The molecule has 1 saturated carbocycles. The highest BCUT2D eigenvalue weighted by Crippen LogP contribution is 2.40. The maximum Gasteiger partial charge on any atom is 0.134 e. The predicted octanol–water partition coefficient (Wildman–Crippen LogP) is 4.76. The normalized spacial score (nSPS) is 19.5. The largest absolute Gasteiger partial charge is 0.459 e. The van der Waals surface area contributed by atoms with Crippen LogP contribution in [0.2, 0.25) is 0 Å². The van der Waals surface area contributed by atoms with Gasteiger partial charge in [-0.1, -0.05) is 31.0 Å². The molecule has 1 heterocycles. The Balaban J connectivity index is 1.68. The fourth-order valence-electron chi connectivity index (χ4n) is 3.13. The highest BCUT2D eigenvalue weighted by molar-refractivity contribution is 8.00. The second kappa shape index (κ2) is 5.82. The van der Waals surface area contributed by atoms with Crippen LogP contribution in [0, 0.1) is 0 Å². The van der Waals surface area contributed by atoms with Crippen LogP contribution in [0.4, 0.5) is 0 Å². The minimum atomic E-state index is 0.270. The van der Waals surface area contributed by atoms with Crippen molar-refractivity contribution in [2.24, 2.45) is 0 Å². The third kappa shape index (κ3) is 2.75. The molecule has 3 heteroatoms. The summed E-state index contributed by atoms with van der Waals surface area (Å²) in [6.07, 6.45) is 7.68. The summed E-state index contributed by atoms with van der Waals surface area (Å²) in [5.74, 6) is 1.04. The van der Waals surface area contributed by atoms with E-state index in [1.807, 2.05) is 23.9 Å². The summed E-state index contributed by atoms with van der Waals surface area (Å²) in [4.78, 5) is 0. The van der Waals surface area contributed by atoms with Gasteiger partial charge in [0.1, 0.15) is 11.3 Å². The maximum atomic E-state index is 5.94. The Morgan fingerprint density at radius 1 is 1.30 bits per heavy atom. The Labute approximate surface area is 125 Å². The number of hydrogen-bond donors (Lipinski definition) is 1. The molecular weight excluding hydrogens is 266 g/mol. The van der Waals surface area contributed by atoms with E-state index in [0.29, 0.717) is 4.75 Å². The summed E-state index contributed by atoms with van der Waals surface area (Å²) in [6.45, 7) is 3.27. The number of nitrogens with one attached hydrogen (secondary N) is 1. The molecule has 1 fully saturated rings. The second-order valence-corrected chi connectivity index (χ2v) is 7.16. The van der Waals surface area contributed by atoms with Crippen molar-refractivity contribution >= 4 is 22.7 Å². The average Bonchev–Trinajstić information content (AvgIpc) is 3.12. The topological polar surface area (TPSA) is 25.2 Å². The zero-order valence-electron chi connectivity index (χ0n) is 12.3. The number of hydrogen-bond acceptors (Lipinski definition) is 3. The van der Waals surface area contributed by atoms with E-state index in [0.717, 1.165) is 17.9 Å². The summed E-state index contributed by atoms with van der Waals surface area (Å²) in [5.41, 5.74) is 0.983. The van der Waals surface area contributed by atoms with Crippen LogP contribution in [0.1, 0.15) is 44.4 Å². The predicted molar refractivity (Wildman–Crippen MR) is 87.3 cm³/mol. The quantitative estimate of drug-likeness (QED) is 0.859. The first-order valence-corrected chi connectivity index (χ1v) is 8.72. The molecular formula is C17H23NOS. The van der Waals surface area contributed by atoms with Gasteiger partial charge in [-0.15, -0.1) is 0 Å². The third-order valence-corrected chi connectivity index (χ3v) is 5.97. The molecule has 1 atom stereocenters. The van der Waals surface area contributed by atoms with Gasteiger partial charge < -0.3 is 9.73 Å². The first-order valence-electron chi connectivity index (χ1n) is 7.49. The number of para-hydroxylation sites is 1. The average molecular weight is 289 g/mol. The van der Waals surface area contributed by atoms with E-state index in [1.165, 1.54) is 31.1 Å². The molecule has 0 spiro atoms. The Kier molecular flexibility index (Phi) is 4.08. The molecule has 2 aromatic rings. The minimum Gasteiger partial charge on any atom is -0.459 e. The summed E-state index contributed by atoms with van der Waals surface area (Å²) in [7, 11) is 0. The molecule has 1 aromatic carbocycles. The first-order chi connectivity index (χ1) is 9.72. The van der Waals surface area contributed by atoms with Crippen LogP contribution in [0.3, 0.4) is 0 Å². The lowest BCUT2D eigenvalue weighted by Gasteiger charge is -2.28. The van der Waals surface area contributed by atoms with E-state index in [4.69, 9.17) is 4.42 Å². The molecule has 20 heavy (non-hydrogen) atoms. The van der Waals surface area contributed by atoms with Gasteiger partial charge >= 0.3 is 0 Å². The molecule has 2 nitrogen and oxygen atoms in total. The van der Waals surface area contributed by atoms with E-state index in [-0.39, 0.29) is 6.04 Å². The van der Waals surface area contributed by atoms with Crippen LogP contribution in [0.15, 0.2) is 34.7 Å². The summed E-state index contributed by atoms with van der Waals surface area (Å²) < 4.78 is 6.39. The Morgan fingerprint density at radius 2 is 2.05 bits per heavy atom. The Bertz CT molecular complexity index is 538. The standard InChI is InChI=1S/C17H23NOS/c1-13(18-12-17(20-2)9-5-6-10-17)16-11-14-7-3-4-8-15(14)19-16/h3-4,7-8,11,13,18H,5-6,9-10,12H2,1-2H3. The van der Waals surface area contributed by atoms with Crippen LogP contribution in [-0.4, -0.2) is 17.5 Å². The SMILES string of the molecule is CSC1(CNC(C)c2cc3ccccc3o2)CCCC1. The van der Waals surface area contributed by atoms with Gasteiger partial charge in [0.15, 0.2) is 0 Å². The van der Waals surface area contributed by atoms with Crippen molar-refractivity contribution in [1.29, 1.82) is 0 Å². The van der Waals surface area contributed by atoms with Crippen LogP contribution in [0.5, 0.6) is 0 Å².